The van der Waals surface area contributed by atoms with Crippen molar-refractivity contribution in [3.63, 3.8) is 0 Å². The van der Waals surface area contributed by atoms with E-state index in [1.165, 1.54) is 20.3 Å². The Morgan fingerprint density at radius 3 is 2.46 bits per heavy atom. The van der Waals surface area contributed by atoms with Crippen molar-refractivity contribution >= 4 is 23.5 Å². The first-order chi connectivity index (χ1) is 12.4. The van der Waals surface area contributed by atoms with E-state index < -0.39 is 5.78 Å². The van der Waals surface area contributed by atoms with Gasteiger partial charge in [0.1, 0.15) is 22.8 Å². The normalized spacial score (nSPS) is 11.0. The number of methoxy groups -OCH3 is 2. The summed E-state index contributed by atoms with van der Waals surface area (Å²) >= 11 is 6.10. The summed E-state index contributed by atoms with van der Waals surface area (Å²) in [5.41, 5.74) is 1.83. The Balaban J connectivity index is 2.48. The first-order valence-electron chi connectivity index (χ1n) is 7.91. The minimum Gasteiger partial charge on any atom is -0.507 e. The van der Waals surface area contributed by atoms with E-state index in [4.69, 9.17) is 25.8 Å². The molecule has 2 aromatic rings. The molecule has 0 fully saturated rings. The molecule has 0 atom stereocenters. The van der Waals surface area contributed by atoms with Crippen LogP contribution in [0.15, 0.2) is 30.3 Å². The maximum absolute atomic E-state index is 12.7. The van der Waals surface area contributed by atoms with Crippen molar-refractivity contribution in [2.75, 3.05) is 21.0 Å². The van der Waals surface area contributed by atoms with E-state index in [2.05, 4.69) is 0 Å². The number of phenolic OH excluding ortho intramolecular Hbond substituents is 1. The minimum absolute atomic E-state index is 0.0178. The van der Waals surface area contributed by atoms with Crippen molar-refractivity contribution in [1.82, 2.24) is 0 Å². The van der Waals surface area contributed by atoms with Crippen molar-refractivity contribution in [3.05, 3.63) is 57.6 Å². The highest BCUT2D eigenvalue weighted by Gasteiger charge is 2.24. The number of hydrogen-bond donors (Lipinski definition) is 1. The third-order valence-corrected chi connectivity index (χ3v) is 4.28. The zero-order chi connectivity index (χ0) is 19.3. The molecule has 0 heterocycles. The van der Waals surface area contributed by atoms with Crippen LogP contribution in [0.4, 0.5) is 0 Å². The predicted octanol–water partition coefficient (Wildman–Crippen LogP) is 4.55. The van der Waals surface area contributed by atoms with Gasteiger partial charge in [0.25, 0.3) is 0 Å². The number of aromatic hydroxyl groups is 1. The molecule has 0 radical (unpaired) electrons. The van der Waals surface area contributed by atoms with Crippen LogP contribution < -0.4 is 9.47 Å². The quantitative estimate of drug-likeness (QED) is 0.436. The van der Waals surface area contributed by atoms with Crippen molar-refractivity contribution in [3.8, 4) is 17.2 Å². The number of ether oxygens (including phenoxy) is 3. The molecule has 138 valence electrons. The standard InChI is InChI=1S/C20H21ClO5/c1-12-18(23)17(20(25-4)13(2)19(12)26-11-24-3)16(22)10-9-14-7-5-6-8-15(14)21/h5-10,23H,11H2,1-4H3/b10-9+. The van der Waals surface area contributed by atoms with Crippen LogP contribution in [0.3, 0.4) is 0 Å². The second-order valence-electron chi connectivity index (χ2n) is 5.61. The summed E-state index contributed by atoms with van der Waals surface area (Å²) in [4.78, 5) is 12.7. The molecule has 0 saturated heterocycles. The van der Waals surface area contributed by atoms with Gasteiger partial charge >= 0.3 is 0 Å². The average molecular weight is 377 g/mol. The van der Waals surface area contributed by atoms with Crippen LogP contribution >= 0.6 is 11.6 Å². The Labute approximate surface area is 157 Å². The number of rotatable bonds is 7. The van der Waals surface area contributed by atoms with Gasteiger partial charge in [0, 0.05) is 23.3 Å². The van der Waals surface area contributed by atoms with Gasteiger partial charge in [-0.1, -0.05) is 29.8 Å². The summed E-state index contributed by atoms with van der Waals surface area (Å²) < 4.78 is 15.8. The van der Waals surface area contributed by atoms with Crippen molar-refractivity contribution in [2.24, 2.45) is 0 Å². The number of allylic oxidation sites excluding steroid dienone is 1. The summed E-state index contributed by atoms with van der Waals surface area (Å²) in [7, 11) is 2.94. The Kier molecular flexibility index (Phi) is 6.66. The highest BCUT2D eigenvalue weighted by molar-refractivity contribution is 6.32. The molecule has 0 unspecified atom stereocenters. The van der Waals surface area contributed by atoms with Crippen LogP contribution in [-0.2, 0) is 4.74 Å². The number of carbonyl (C=O) groups is 1. The van der Waals surface area contributed by atoms with Gasteiger partial charge in [0.05, 0.1) is 7.11 Å². The van der Waals surface area contributed by atoms with E-state index in [9.17, 15) is 9.90 Å². The highest BCUT2D eigenvalue weighted by Crippen LogP contribution is 2.42. The molecule has 2 aromatic carbocycles. The summed E-state index contributed by atoms with van der Waals surface area (Å²) in [6.07, 6.45) is 2.96. The molecule has 0 bridgehead atoms. The highest BCUT2D eigenvalue weighted by atomic mass is 35.5. The van der Waals surface area contributed by atoms with E-state index >= 15 is 0 Å². The second kappa shape index (κ2) is 8.74. The van der Waals surface area contributed by atoms with E-state index in [0.717, 1.165) is 0 Å². The fourth-order valence-corrected chi connectivity index (χ4v) is 2.85. The van der Waals surface area contributed by atoms with E-state index in [0.29, 0.717) is 27.5 Å². The van der Waals surface area contributed by atoms with Crippen molar-refractivity contribution in [2.45, 2.75) is 13.8 Å². The molecule has 2 rings (SSSR count). The largest absolute Gasteiger partial charge is 0.507 e. The Morgan fingerprint density at radius 2 is 1.85 bits per heavy atom. The summed E-state index contributed by atoms with van der Waals surface area (Å²) in [5, 5.41) is 11.1. The number of phenols is 1. The SMILES string of the molecule is COCOc1c(C)c(O)c(C(=O)/C=C/c2ccccc2Cl)c(OC)c1C. The lowest BCUT2D eigenvalue weighted by atomic mass is 9.98. The first kappa shape index (κ1) is 19.8. The number of benzene rings is 2. The van der Waals surface area contributed by atoms with Crippen LogP contribution in [0.5, 0.6) is 17.2 Å². The van der Waals surface area contributed by atoms with Crippen LogP contribution in [0, 0.1) is 13.8 Å². The van der Waals surface area contributed by atoms with Crippen LogP contribution in [0.25, 0.3) is 6.08 Å². The van der Waals surface area contributed by atoms with Crippen LogP contribution in [0.1, 0.15) is 27.0 Å². The zero-order valence-electron chi connectivity index (χ0n) is 15.1. The van der Waals surface area contributed by atoms with Crippen LogP contribution in [0.2, 0.25) is 5.02 Å². The van der Waals surface area contributed by atoms with Gasteiger partial charge in [0.15, 0.2) is 12.6 Å². The molecule has 0 spiro atoms. The lowest BCUT2D eigenvalue weighted by Gasteiger charge is -2.19. The van der Waals surface area contributed by atoms with Gasteiger partial charge in [-0.15, -0.1) is 0 Å². The predicted molar refractivity (Wildman–Crippen MR) is 101 cm³/mol. The van der Waals surface area contributed by atoms with E-state index in [1.54, 1.807) is 32.1 Å². The molecule has 0 saturated carbocycles. The van der Waals surface area contributed by atoms with E-state index in [1.807, 2.05) is 12.1 Å². The van der Waals surface area contributed by atoms with Gasteiger partial charge in [0.2, 0.25) is 0 Å². The molecule has 6 heteroatoms. The van der Waals surface area contributed by atoms with Crippen LogP contribution in [-0.4, -0.2) is 31.9 Å². The first-order valence-corrected chi connectivity index (χ1v) is 8.28. The Morgan fingerprint density at radius 1 is 1.15 bits per heavy atom. The monoisotopic (exact) mass is 376 g/mol. The molecule has 0 aromatic heterocycles. The molecular formula is C20H21ClO5. The Hall–Kier alpha value is -2.50. The molecule has 0 aliphatic carbocycles. The molecule has 0 aliphatic rings. The third-order valence-electron chi connectivity index (χ3n) is 3.93. The van der Waals surface area contributed by atoms with Gasteiger partial charge < -0.3 is 19.3 Å². The average Bonchev–Trinajstić information content (AvgIpc) is 2.63. The smallest absolute Gasteiger partial charge is 0.193 e. The minimum atomic E-state index is -0.399. The second-order valence-corrected chi connectivity index (χ2v) is 6.01. The number of hydrogen-bond acceptors (Lipinski definition) is 5. The van der Waals surface area contributed by atoms with E-state index in [-0.39, 0.29) is 23.9 Å². The van der Waals surface area contributed by atoms with Crippen molar-refractivity contribution < 1.29 is 24.1 Å². The van der Waals surface area contributed by atoms with Crippen molar-refractivity contribution in [1.29, 1.82) is 0 Å². The fourth-order valence-electron chi connectivity index (χ4n) is 2.65. The van der Waals surface area contributed by atoms with Gasteiger partial charge in [-0.25, -0.2) is 0 Å². The Bertz CT molecular complexity index is 843. The molecular weight excluding hydrogens is 356 g/mol. The third kappa shape index (κ3) is 4.00. The molecule has 26 heavy (non-hydrogen) atoms. The number of halogens is 1. The van der Waals surface area contributed by atoms with Gasteiger partial charge in [-0.3, -0.25) is 4.79 Å². The summed E-state index contributed by atoms with van der Waals surface area (Å²) in [5.74, 6) is 0.0944. The maximum Gasteiger partial charge on any atom is 0.193 e. The van der Waals surface area contributed by atoms with Gasteiger partial charge in [-0.2, -0.15) is 0 Å². The molecule has 0 aliphatic heterocycles. The zero-order valence-corrected chi connectivity index (χ0v) is 15.9. The lowest BCUT2D eigenvalue weighted by Crippen LogP contribution is -2.08. The number of carbonyl (C=O) groups excluding carboxylic acids is 1. The maximum atomic E-state index is 12.7. The fraction of sp³-hybridized carbons (Fsp3) is 0.250. The summed E-state index contributed by atoms with van der Waals surface area (Å²) in [6.45, 7) is 3.44. The topological polar surface area (TPSA) is 65.0 Å². The lowest BCUT2D eigenvalue weighted by molar-refractivity contribution is 0.0497. The molecule has 0 amide bonds. The van der Waals surface area contributed by atoms with Gasteiger partial charge in [-0.05, 0) is 37.6 Å². The number of ketones is 1. The molecule has 1 N–H and O–H groups in total. The summed E-state index contributed by atoms with van der Waals surface area (Å²) in [6, 6.07) is 7.16. The molecule has 5 nitrogen and oxygen atoms in total.